The van der Waals surface area contributed by atoms with Gasteiger partial charge in [-0.15, -0.1) is 0 Å². The maximum absolute atomic E-state index is 12.7. The minimum atomic E-state index is -0.840. The van der Waals surface area contributed by atoms with Gasteiger partial charge in [0.05, 0.1) is 17.6 Å². The van der Waals surface area contributed by atoms with Crippen molar-refractivity contribution in [1.82, 2.24) is 19.6 Å². The molecule has 7 nitrogen and oxygen atoms in total. The van der Waals surface area contributed by atoms with E-state index >= 15 is 0 Å². The van der Waals surface area contributed by atoms with Crippen molar-refractivity contribution in [1.29, 1.82) is 0 Å². The number of aromatic hydroxyl groups is 1. The molecule has 2 aliphatic carbocycles. The number of ether oxygens (including phenoxy) is 1. The molecule has 7 heteroatoms. The zero-order valence-electron chi connectivity index (χ0n) is 19.4. The number of phenolic OH excluding ortho intramolecular Hbond substituents is 1. The Morgan fingerprint density at radius 3 is 2.82 bits per heavy atom. The molecule has 33 heavy (non-hydrogen) atoms. The number of aromatic nitrogens is 2. The average Bonchev–Trinajstić information content (AvgIpc) is 3.45. The molecule has 176 valence electrons. The summed E-state index contributed by atoms with van der Waals surface area (Å²) in [5.41, 5.74) is 2.27. The van der Waals surface area contributed by atoms with Crippen molar-refractivity contribution in [2.75, 3.05) is 32.7 Å². The number of phenols is 1. The number of aliphatic hydroxyl groups is 1. The molecule has 5 aliphatic rings. The highest BCUT2D eigenvalue weighted by molar-refractivity contribution is 5.62. The Bertz CT molecular complexity index is 1100. The van der Waals surface area contributed by atoms with Crippen LogP contribution >= 0.6 is 0 Å². The Labute approximate surface area is 194 Å². The van der Waals surface area contributed by atoms with E-state index in [2.05, 4.69) is 32.6 Å². The number of likely N-dealkylation sites (tertiary alicyclic amines) is 2. The van der Waals surface area contributed by atoms with Gasteiger partial charge in [0.1, 0.15) is 6.10 Å². The zero-order chi connectivity index (χ0) is 22.4. The predicted octanol–water partition coefficient (Wildman–Crippen LogP) is 2.07. The Morgan fingerprint density at radius 1 is 1.15 bits per heavy atom. The molecule has 1 aromatic heterocycles. The lowest BCUT2D eigenvalue weighted by atomic mass is 9.52. The van der Waals surface area contributed by atoms with Gasteiger partial charge in [-0.1, -0.05) is 6.07 Å². The highest BCUT2D eigenvalue weighted by atomic mass is 16.5. The molecular formula is C26H34N4O3. The van der Waals surface area contributed by atoms with Crippen molar-refractivity contribution in [3.05, 3.63) is 41.2 Å². The lowest BCUT2D eigenvalue weighted by molar-refractivity contribution is -0.162. The van der Waals surface area contributed by atoms with E-state index in [4.69, 9.17) is 4.74 Å². The maximum atomic E-state index is 12.7. The summed E-state index contributed by atoms with van der Waals surface area (Å²) in [5, 5.41) is 27.8. The second-order valence-electron chi connectivity index (χ2n) is 11.1. The summed E-state index contributed by atoms with van der Waals surface area (Å²) in [6.07, 6.45) is 6.85. The summed E-state index contributed by atoms with van der Waals surface area (Å²) in [6, 6.07) is 6.03. The fraction of sp³-hybridized carbons (Fsp3) is 0.654. The molecular weight excluding hydrogens is 416 g/mol. The van der Waals surface area contributed by atoms with E-state index in [1.54, 1.807) is 6.07 Å². The molecule has 0 radical (unpaired) electrons. The SMILES string of the molecule is Cc1ccnn1CCN1CC[C@@]2(O)[C@H]3Cc4ccc(O)c5c4[C@@]2(CCN3CC2CC2)[C@H](C1)O5. The van der Waals surface area contributed by atoms with Crippen molar-refractivity contribution >= 4 is 0 Å². The number of aryl methyl sites for hydroxylation is 1. The third-order valence-electron chi connectivity index (χ3n) is 9.43. The molecule has 1 spiro atoms. The quantitative estimate of drug-likeness (QED) is 0.727. The van der Waals surface area contributed by atoms with Gasteiger partial charge < -0.3 is 14.9 Å². The van der Waals surface area contributed by atoms with Crippen LogP contribution in [0.5, 0.6) is 11.5 Å². The van der Waals surface area contributed by atoms with Crippen molar-refractivity contribution in [3.8, 4) is 11.5 Å². The molecule has 0 amide bonds. The van der Waals surface area contributed by atoms with Gasteiger partial charge in [0.25, 0.3) is 0 Å². The number of hydrogen-bond donors (Lipinski definition) is 2. The lowest BCUT2D eigenvalue weighted by Crippen LogP contribution is -2.74. The van der Waals surface area contributed by atoms with Crippen LogP contribution in [0.1, 0.15) is 42.5 Å². The normalized spacial score (nSPS) is 35.2. The summed E-state index contributed by atoms with van der Waals surface area (Å²) in [5.74, 6) is 1.65. The third kappa shape index (κ3) is 2.76. The minimum Gasteiger partial charge on any atom is -0.504 e. The molecule has 3 aliphatic heterocycles. The monoisotopic (exact) mass is 450 g/mol. The number of nitrogens with zero attached hydrogens (tertiary/aromatic N) is 4. The van der Waals surface area contributed by atoms with E-state index in [9.17, 15) is 10.2 Å². The first kappa shape index (κ1) is 20.3. The Balaban J connectivity index is 1.27. The topological polar surface area (TPSA) is 74.0 Å². The average molecular weight is 451 g/mol. The van der Waals surface area contributed by atoms with Gasteiger partial charge in [-0.25, -0.2) is 0 Å². The summed E-state index contributed by atoms with van der Waals surface area (Å²) in [4.78, 5) is 5.04. The molecule has 1 saturated carbocycles. The first-order valence-electron chi connectivity index (χ1n) is 12.7. The van der Waals surface area contributed by atoms with Crippen molar-refractivity contribution < 1.29 is 14.9 Å². The molecule has 4 heterocycles. The van der Waals surface area contributed by atoms with Gasteiger partial charge in [0.15, 0.2) is 11.5 Å². The van der Waals surface area contributed by atoms with E-state index < -0.39 is 11.0 Å². The van der Waals surface area contributed by atoms with E-state index in [-0.39, 0.29) is 17.9 Å². The van der Waals surface area contributed by atoms with Gasteiger partial charge in [0, 0.05) is 49.7 Å². The molecule has 7 rings (SSSR count). The second kappa shape index (κ2) is 6.96. The zero-order valence-corrected chi connectivity index (χ0v) is 19.4. The minimum absolute atomic E-state index is 0.120. The van der Waals surface area contributed by atoms with Crippen LogP contribution in [0.2, 0.25) is 0 Å². The van der Waals surface area contributed by atoms with E-state index in [0.29, 0.717) is 5.75 Å². The fourth-order valence-corrected chi connectivity index (χ4v) is 7.53. The van der Waals surface area contributed by atoms with Crippen LogP contribution in [0, 0.1) is 12.8 Å². The highest BCUT2D eigenvalue weighted by Gasteiger charge is 2.70. The smallest absolute Gasteiger partial charge is 0.165 e. The van der Waals surface area contributed by atoms with Crippen molar-refractivity contribution in [2.45, 2.75) is 68.7 Å². The van der Waals surface area contributed by atoms with Crippen LogP contribution in [-0.4, -0.2) is 80.3 Å². The first-order valence-corrected chi connectivity index (χ1v) is 12.7. The van der Waals surface area contributed by atoms with Crippen LogP contribution < -0.4 is 4.74 Å². The maximum Gasteiger partial charge on any atom is 0.165 e. The lowest BCUT2D eigenvalue weighted by Gasteiger charge is -2.60. The fourth-order valence-electron chi connectivity index (χ4n) is 7.53. The predicted molar refractivity (Wildman–Crippen MR) is 124 cm³/mol. The molecule has 0 unspecified atom stereocenters. The molecule has 2 aromatic rings. The van der Waals surface area contributed by atoms with Crippen LogP contribution in [0.15, 0.2) is 24.4 Å². The summed E-state index contributed by atoms with van der Waals surface area (Å²) < 4.78 is 8.63. The molecule has 2 N–H and O–H groups in total. The Hall–Kier alpha value is -2.09. The van der Waals surface area contributed by atoms with Gasteiger partial charge in [-0.2, -0.15) is 5.10 Å². The number of benzene rings is 1. The largest absolute Gasteiger partial charge is 0.504 e. The Morgan fingerprint density at radius 2 is 2.03 bits per heavy atom. The van der Waals surface area contributed by atoms with Crippen LogP contribution in [0.3, 0.4) is 0 Å². The molecule has 2 bridgehead atoms. The van der Waals surface area contributed by atoms with E-state index in [1.807, 2.05) is 12.3 Å². The first-order chi connectivity index (χ1) is 16.0. The molecule has 3 fully saturated rings. The summed E-state index contributed by atoms with van der Waals surface area (Å²) in [6.45, 7) is 7.53. The number of rotatable bonds is 5. The third-order valence-corrected chi connectivity index (χ3v) is 9.43. The number of piperidine rings is 1. The van der Waals surface area contributed by atoms with Crippen molar-refractivity contribution in [3.63, 3.8) is 0 Å². The standard InChI is InChI=1S/C26H34N4O3/c1-17-6-9-27-30(17)13-12-28-10-8-26(32)21-14-19-4-5-20(31)24-23(19)25(26,22(16-28)33-24)7-11-29(21)15-18-2-3-18/h4-6,9,18,21-22,31-32H,2-3,7-8,10-16H2,1H3/t21-,22+,25-,26-/m1/s1. The van der Waals surface area contributed by atoms with Crippen molar-refractivity contribution in [2.24, 2.45) is 5.92 Å². The van der Waals surface area contributed by atoms with Gasteiger partial charge in [-0.3, -0.25) is 14.5 Å². The summed E-state index contributed by atoms with van der Waals surface area (Å²) >= 11 is 0. The molecule has 1 aromatic carbocycles. The van der Waals surface area contributed by atoms with Crippen LogP contribution in [0.4, 0.5) is 0 Å². The Kier molecular flexibility index (Phi) is 4.28. The van der Waals surface area contributed by atoms with Crippen LogP contribution in [0.25, 0.3) is 0 Å². The summed E-state index contributed by atoms with van der Waals surface area (Å²) in [7, 11) is 0. The van der Waals surface area contributed by atoms with Gasteiger partial charge >= 0.3 is 0 Å². The highest BCUT2D eigenvalue weighted by Crippen LogP contribution is 2.63. The molecule has 4 atom stereocenters. The van der Waals surface area contributed by atoms with E-state index in [0.717, 1.165) is 70.0 Å². The van der Waals surface area contributed by atoms with Gasteiger partial charge in [0.2, 0.25) is 0 Å². The van der Waals surface area contributed by atoms with E-state index in [1.165, 1.54) is 24.1 Å². The molecule has 2 saturated heterocycles. The van der Waals surface area contributed by atoms with Gasteiger partial charge in [-0.05, 0) is 69.2 Å². The van der Waals surface area contributed by atoms with Crippen LogP contribution in [-0.2, 0) is 18.4 Å². The second-order valence-corrected chi connectivity index (χ2v) is 11.1. The number of hydrogen-bond acceptors (Lipinski definition) is 6.